The molecule has 0 heterocycles. The van der Waals surface area contributed by atoms with E-state index in [0.29, 0.717) is 5.92 Å². The van der Waals surface area contributed by atoms with Gasteiger partial charge in [-0.25, -0.2) is 0 Å². The van der Waals surface area contributed by atoms with Gasteiger partial charge >= 0.3 is 0 Å². The highest BCUT2D eigenvalue weighted by Crippen LogP contribution is 2.22. The van der Waals surface area contributed by atoms with Crippen molar-refractivity contribution in [3.05, 3.63) is 54.1 Å². The van der Waals surface area contributed by atoms with Crippen molar-refractivity contribution in [2.24, 2.45) is 16.1 Å². The van der Waals surface area contributed by atoms with Gasteiger partial charge in [-0.2, -0.15) is 10.2 Å². The maximum absolute atomic E-state index is 5.91. The van der Waals surface area contributed by atoms with Gasteiger partial charge in [-0.05, 0) is 55.7 Å². The zero-order valence-corrected chi connectivity index (χ0v) is 15.0. The summed E-state index contributed by atoms with van der Waals surface area (Å²) in [6.07, 6.45) is 4.94. The van der Waals surface area contributed by atoms with Gasteiger partial charge < -0.3 is 4.74 Å². The van der Waals surface area contributed by atoms with Crippen LogP contribution in [-0.4, -0.2) is 6.61 Å². The van der Waals surface area contributed by atoms with E-state index >= 15 is 0 Å². The van der Waals surface area contributed by atoms with E-state index in [0.717, 1.165) is 23.7 Å². The van der Waals surface area contributed by atoms with E-state index in [2.05, 4.69) is 31.0 Å². The zero-order valence-electron chi connectivity index (χ0n) is 15.0. The lowest BCUT2D eigenvalue weighted by Gasteiger charge is -2.15. The van der Waals surface area contributed by atoms with E-state index in [1.165, 1.54) is 31.2 Å². The number of rotatable bonds is 9. The molecule has 2 aromatic rings. The minimum Gasteiger partial charge on any atom is -0.493 e. The molecule has 0 fully saturated rings. The summed E-state index contributed by atoms with van der Waals surface area (Å²) in [6.45, 7) is 7.32. The number of hydrogen-bond acceptors (Lipinski definition) is 3. The molecule has 0 N–H and O–H groups in total. The van der Waals surface area contributed by atoms with Gasteiger partial charge in [0.1, 0.15) is 5.75 Å². The van der Waals surface area contributed by atoms with Crippen LogP contribution >= 0.6 is 0 Å². The highest BCUT2D eigenvalue weighted by atomic mass is 16.5. The minimum atomic E-state index is 0.644. The van der Waals surface area contributed by atoms with Crippen LogP contribution in [0.2, 0.25) is 0 Å². The van der Waals surface area contributed by atoms with E-state index < -0.39 is 0 Å². The molecule has 3 heteroatoms. The Kier molecular flexibility index (Phi) is 7.47. The van der Waals surface area contributed by atoms with E-state index in [9.17, 15) is 0 Å². The predicted octanol–water partition coefficient (Wildman–Crippen LogP) is 7.01. The average Bonchev–Trinajstić information content (AvgIpc) is 2.62. The van der Waals surface area contributed by atoms with E-state index in [1.807, 2.05) is 48.5 Å². The van der Waals surface area contributed by atoms with Crippen molar-refractivity contribution in [1.82, 2.24) is 0 Å². The molecule has 0 aliphatic rings. The number of aryl methyl sites for hydroxylation is 1. The monoisotopic (exact) mass is 324 g/mol. The van der Waals surface area contributed by atoms with Gasteiger partial charge in [0, 0.05) is 0 Å². The fourth-order valence-corrected chi connectivity index (χ4v) is 2.45. The molecule has 128 valence electrons. The van der Waals surface area contributed by atoms with Crippen molar-refractivity contribution in [3.63, 3.8) is 0 Å². The number of azo groups is 1. The van der Waals surface area contributed by atoms with Gasteiger partial charge in [0.25, 0.3) is 0 Å². The quantitative estimate of drug-likeness (QED) is 0.457. The van der Waals surface area contributed by atoms with E-state index in [-0.39, 0.29) is 0 Å². The normalized spacial score (nSPS) is 12.5. The molecule has 0 bridgehead atoms. The summed E-state index contributed by atoms with van der Waals surface area (Å²) in [5.41, 5.74) is 2.92. The molecule has 0 aliphatic carbocycles. The van der Waals surface area contributed by atoms with Gasteiger partial charge in [-0.15, -0.1) is 0 Å². The first kappa shape index (κ1) is 18.2. The number of benzene rings is 2. The summed E-state index contributed by atoms with van der Waals surface area (Å²) in [7, 11) is 0. The molecular formula is C21H28N2O. The molecule has 0 spiro atoms. The van der Waals surface area contributed by atoms with Crippen LogP contribution in [0.15, 0.2) is 58.8 Å². The van der Waals surface area contributed by atoms with Crippen molar-refractivity contribution in [2.75, 3.05) is 6.61 Å². The van der Waals surface area contributed by atoms with Crippen LogP contribution in [0.25, 0.3) is 0 Å². The molecule has 0 radical (unpaired) electrons. The Morgan fingerprint density at radius 3 is 2.00 bits per heavy atom. The van der Waals surface area contributed by atoms with Crippen LogP contribution in [-0.2, 0) is 0 Å². The number of unbranched alkanes of at least 4 members (excludes halogenated alkanes) is 1. The Morgan fingerprint density at radius 2 is 1.46 bits per heavy atom. The van der Waals surface area contributed by atoms with Gasteiger partial charge in [-0.3, -0.25) is 0 Å². The first-order valence-electron chi connectivity index (χ1n) is 8.92. The van der Waals surface area contributed by atoms with Gasteiger partial charge in [0.15, 0.2) is 0 Å². The van der Waals surface area contributed by atoms with Crippen LogP contribution < -0.4 is 4.74 Å². The van der Waals surface area contributed by atoms with Crippen molar-refractivity contribution >= 4 is 11.4 Å². The SMILES string of the molecule is CCCCC(CC)COc1ccc(/N=N/c2ccc(C)cc2)cc1. The van der Waals surface area contributed by atoms with Crippen LogP contribution in [0.3, 0.4) is 0 Å². The molecule has 2 rings (SSSR count). The third-order valence-corrected chi connectivity index (χ3v) is 4.18. The molecule has 3 nitrogen and oxygen atoms in total. The molecule has 0 saturated heterocycles. The Morgan fingerprint density at radius 1 is 0.875 bits per heavy atom. The van der Waals surface area contributed by atoms with Gasteiger partial charge in [-0.1, -0.05) is 50.8 Å². The molecule has 0 saturated carbocycles. The smallest absolute Gasteiger partial charge is 0.119 e. The lowest BCUT2D eigenvalue weighted by Crippen LogP contribution is -2.11. The fraction of sp³-hybridized carbons (Fsp3) is 0.429. The summed E-state index contributed by atoms with van der Waals surface area (Å²) in [4.78, 5) is 0. The Hall–Kier alpha value is -2.16. The summed E-state index contributed by atoms with van der Waals surface area (Å²) < 4.78 is 5.91. The Labute approximate surface area is 145 Å². The topological polar surface area (TPSA) is 34.0 Å². The Balaban J connectivity index is 1.87. The first-order valence-corrected chi connectivity index (χ1v) is 8.92. The Bertz CT molecular complexity index is 617. The molecule has 0 aliphatic heterocycles. The minimum absolute atomic E-state index is 0.644. The van der Waals surface area contributed by atoms with Gasteiger partial charge in [0.2, 0.25) is 0 Å². The first-order chi connectivity index (χ1) is 11.7. The summed E-state index contributed by atoms with van der Waals surface area (Å²) in [6, 6.07) is 15.8. The summed E-state index contributed by atoms with van der Waals surface area (Å²) in [5.74, 6) is 1.55. The van der Waals surface area contributed by atoms with Crippen LogP contribution in [0.4, 0.5) is 11.4 Å². The van der Waals surface area contributed by atoms with E-state index in [1.54, 1.807) is 0 Å². The standard InChI is InChI=1S/C21H28N2O/c1-4-6-7-18(5-2)16-24-21-14-12-20(13-15-21)23-22-19-10-8-17(3)9-11-19/h8-15,18H,4-7,16H2,1-3H3/b23-22+. The molecular weight excluding hydrogens is 296 g/mol. The summed E-state index contributed by atoms with van der Waals surface area (Å²) >= 11 is 0. The van der Waals surface area contributed by atoms with Crippen molar-refractivity contribution in [2.45, 2.75) is 46.5 Å². The zero-order chi connectivity index (χ0) is 17.2. The molecule has 0 amide bonds. The van der Waals surface area contributed by atoms with Crippen LogP contribution in [0, 0.1) is 12.8 Å². The van der Waals surface area contributed by atoms with Crippen LogP contribution in [0.1, 0.15) is 45.1 Å². The van der Waals surface area contributed by atoms with Crippen molar-refractivity contribution < 1.29 is 4.74 Å². The molecule has 2 aromatic carbocycles. The highest BCUT2D eigenvalue weighted by Gasteiger charge is 2.06. The van der Waals surface area contributed by atoms with Crippen molar-refractivity contribution in [1.29, 1.82) is 0 Å². The second-order valence-corrected chi connectivity index (χ2v) is 6.26. The lowest BCUT2D eigenvalue weighted by atomic mass is 10.0. The second-order valence-electron chi connectivity index (χ2n) is 6.26. The summed E-state index contributed by atoms with van der Waals surface area (Å²) in [5, 5.41) is 8.52. The third-order valence-electron chi connectivity index (χ3n) is 4.18. The maximum Gasteiger partial charge on any atom is 0.119 e. The molecule has 1 unspecified atom stereocenters. The fourth-order valence-electron chi connectivity index (χ4n) is 2.45. The van der Waals surface area contributed by atoms with E-state index in [4.69, 9.17) is 4.74 Å². The molecule has 0 aromatic heterocycles. The molecule has 1 atom stereocenters. The molecule has 24 heavy (non-hydrogen) atoms. The second kappa shape index (κ2) is 9.86. The lowest BCUT2D eigenvalue weighted by molar-refractivity contribution is 0.233. The number of nitrogens with zero attached hydrogens (tertiary/aromatic N) is 2. The maximum atomic E-state index is 5.91. The average molecular weight is 324 g/mol. The van der Waals surface area contributed by atoms with Gasteiger partial charge in [0.05, 0.1) is 18.0 Å². The third kappa shape index (κ3) is 6.15. The van der Waals surface area contributed by atoms with Crippen LogP contribution in [0.5, 0.6) is 5.75 Å². The number of ether oxygens (including phenoxy) is 1. The largest absolute Gasteiger partial charge is 0.493 e. The highest BCUT2D eigenvalue weighted by molar-refractivity contribution is 5.43. The predicted molar refractivity (Wildman–Crippen MR) is 101 cm³/mol. The number of hydrogen-bond donors (Lipinski definition) is 0. The van der Waals surface area contributed by atoms with Crippen molar-refractivity contribution in [3.8, 4) is 5.75 Å².